The van der Waals surface area contributed by atoms with E-state index in [1.165, 1.54) is 12.1 Å². The van der Waals surface area contributed by atoms with Gasteiger partial charge in [0, 0.05) is 17.1 Å². The van der Waals surface area contributed by atoms with Crippen LogP contribution < -0.4 is 15.0 Å². The zero-order chi connectivity index (χ0) is 19.7. The number of nitro groups is 1. The van der Waals surface area contributed by atoms with Crippen LogP contribution in [-0.2, 0) is 9.59 Å². The van der Waals surface area contributed by atoms with Gasteiger partial charge in [-0.3, -0.25) is 14.5 Å². The van der Waals surface area contributed by atoms with Crippen molar-refractivity contribution in [3.8, 4) is 5.75 Å². The van der Waals surface area contributed by atoms with E-state index in [0.717, 1.165) is 15.7 Å². The maximum absolute atomic E-state index is 12.6. The molecule has 0 atom stereocenters. The number of aromatic nitrogens is 1. The summed E-state index contributed by atoms with van der Waals surface area (Å²) in [5, 5.41) is 15.6. The van der Waals surface area contributed by atoms with Crippen LogP contribution in [0.4, 0.5) is 17.3 Å². The molecular formula is C19H14N4O5. The number of rotatable bonds is 4. The van der Waals surface area contributed by atoms with E-state index in [9.17, 15) is 19.7 Å². The average molecular weight is 378 g/mol. The largest absolute Gasteiger partial charge is 0.477 e. The molecule has 1 aliphatic heterocycles. The van der Waals surface area contributed by atoms with E-state index in [1.54, 1.807) is 6.07 Å². The molecule has 0 bridgehead atoms. The molecule has 9 nitrogen and oxygen atoms in total. The second-order valence-electron chi connectivity index (χ2n) is 6.09. The molecule has 9 heteroatoms. The fourth-order valence-corrected chi connectivity index (χ4v) is 3.00. The van der Waals surface area contributed by atoms with Gasteiger partial charge >= 0.3 is 5.82 Å². The zero-order valence-electron chi connectivity index (χ0n) is 14.5. The first-order chi connectivity index (χ1) is 13.5. The lowest BCUT2D eigenvalue weighted by Gasteiger charge is -2.24. The summed E-state index contributed by atoms with van der Waals surface area (Å²) in [6.45, 7) is -0.610. The first kappa shape index (κ1) is 17.4. The van der Waals surface area contributed by atoms with Gasteiger partial charge in [0.1, 0.15) is 6.54 Å². The molecule has 28 heavy (non-hydrogen) atoms. The van der Waals surface area contributed by atoms with Crippen LogP contribution in [0.5, 0.6) is 5.75 Å². The van der Waals surface area contributed by atoms with E-state index < -0.39 is 22.6 Å². The van der Waals surface area contributed by atoms with Gasteiger partial charge in [-0.15, -0.1) is 0 Å². The Labute approximate surface area is 158 Å². The highest BCUT2D eigenvalue weighted by Crippen LogP contribution is 2.32. The lowest BCUT2D eigenvalue weighted by atomic mass is 10.1. The van der Waals surface area contributed by atoms with E-state index in [2.05, 4.69) is 10.3 Å². The van der Waals surface area contributed by atoms with E-state index in [4.69, 9.17) is 4.74 Å². The molecule has 0 fully saturated rings. The van der Waals surface area contributed by atoms with Crippen LogP contribution in [0.25, 0.3) is 10.8 Å². The highest BCUT2D eigenvalue weighted by molar-refractivity contribution is 6.07. The lowest BCUT2D eigenvalue weighted by Crippen LogP contribution is -2.44. The Morgan fingerprint density at radius 3 is 2.79 bits per heavy atom. The number of ether oxygens (including phenoxy) is 1. The van der Waals surface area contributed by atoms with Gasteiger partial charge in [-0.25, -0.2) is 0 Å². The molecule has 2 heterocycles. The van der Waals surface area contributed by atoms with Gasteiger partial charge in [0.2, 0.25) is 5.91 Å². The van der Waals surface area contributed by atoms with Crippen molar-refractivity contribution in [3.63, 3.8) is 0 Å². The van der Waals surface area contributed by atoms with Crippen LogP contribution in [-0.4, -0.2) is 34.9 Å². The molecule has 1 N–H and O–H groups in total. The Morgan fingerprint density at radius 2 is 1.96 bits per heavy atom. The van der Waals surface area contributed by atoms with E-state index in [0.29, 0.717) is 5.69 Å². The van der Waals surface area contributed by atoms with Crippen molar-refractivity contribution in [2.75, 3.05) is 23.4 Å². The average Bonchev–Trinajstić information content (AvgIpc) is 2.70. The number of hydrogen-bond acceptors (Lipinski definition) is 6. The minimum atomic E-state index is -0.673. The van der Waals surface area contributed by atoms with Gasteiger partial charge in [-0.2, -0.15) is 0 Å². The molecule has 1 aromatic heterocycles. The van der Waals surface area contributed by atoms with Crippen molar-refractivity contribution in [2.24, 2.45) is 0 Å². The molecule has 0 aliphatic carbocycles. The summed E-state index contributed by atoms with van der Waals surface area (Å²) < 4.78 is 5.25. The molecule has 2 aromatic carbocycles. The Hall–Kier alpha value is -4.01. The third-order valence-corrected chi connectivity index (χ3v) is 4.28. The minimum Gasteiger partial charge on any atom is -0.477 e. The van der Waals surface area contributed by atoms with Crippen LogP contribution in [0.3, 0.4) is 0 Å². The number of amides is 2. The first-order valence-electron chi connectivity index (χ1n) is 8.39. The number of benzene rings is 2. The van der Waals surface area contributed by atoms with Crippen LogP contribution in [0.15, 0.2) is 54.6 Å². The van der Waals surface area contributed by atoms with Crippen molar-refractivity contribution in [3.05, 3.63) is 64.7 Å². The molecule has 3 aromatic rings. The summed E-state index contributed by atoms with van der Waals surface area (Å²) in [6.07, 6.45) is 0. The third kappa shape index (κ3) is 3.20. The summed E-state index contributed by atoms with van der Waals surface area (Å²) in [5.74, 6) is -1.22. The van der Waals surface area contributed by atoms with Gasteiger partial charge in [0.05, 0.1) is 0 Å². The second-order valence-corrected chi connectivity index (χ2v) is 6.09. The summed E-state index contributed by atoms with van der Waals surface area (Å²) in [4.78, 5) is 40.1. The van der Waals surface area contributed by atoms with Gasteiger partial charge < -0.3 is 20.2 Å². The van der Waals surface area contributed by atoms with E-state index in [-0.39, 0.29) is 24.7 Å². The quantitative estimate of drug-likeness (QED) is 0.551. The summed E-state index contributed by atoms with van der Waals surface area (Å²) in [7, 11) is 0. The third-order valence-electron chi connectivity index (χ3n) is 4.28. The van der Waals surface area contributed by atoms with E-state index in [1.807, 2.05) is 36.4 Å². The summed E-state index contributed by atoms with van der Waals surface area (Å²) in [5.41, 5.74) is 0.607. The monoisotopic (exact) mass is 378 g/mol. The smallest absolute Gasteiger partial charge is 0.366 e. The second kappa shape index (κ2) is 6.95. The molecule has 140 valence electrons. The molecule has 0 radical (unpaired) electrons. The fourth-order valence-electron chi connectivity index (χ4n) is 3.00. The predicted molar refractivity (Wildman–Crippen MR) is 101 cm³/mol. The first-order valence-corrected chi connectivity index (χ1v) is 8.39. The van der Waals surface area contributed by atoms with E-state index >= 15 is 0 Å². The molecule has 1 aliphatic rings. The normalized spacial score (nSPS) is 13.0. The predicted octanol–water partition coefficient (Wildman–Crippen LogP) is 2.51. The number of fused-ring (bicyclic) bond motifs is 2. The molecule has 0 saturated heterocycles. The number of anilines is 2. The van der Waals surface area contributed by atoms with Crippen LogP contribution in [0.1, 0.15) is 0 Å². The highest BCUT2D eigenvalue weighted by atomic mass is 16.6. The zero-order valence-corrected chi connectivity index (χ0v) is 14.5. The molecule has 0 unspecified atom stereocenters. The van der Waals surface area contributed by atoms with Crippen molar-refractivity contribution in [2.45, 2.75) is 0 Å². The number of nitrogens with one attached hydrogen (secondary N) is 1. The lowest BCUT2D eigenvalue weighted by molar-refractivity contribution is -0.389. The van der Waals surface area contributed by atoms with Gasteiger partial charge in [-0.05, 0) is 27.4 Å². The van der Waals surface area contributed by atoms with Gasteiger partial charge in [0.15, 0.2) is 12.4 Å². The maximum atomic E-state index is 12.6. The standard InChI is InChI=1S/C19H14N4O5/c24-17(20-14-7-3-5-12-4-1-2-6-13(12)14)10-22-18(25)11-28-15-8-9-16(23(26)27)21-19(15)22/h1-9H,10-11H2,(H,20,24). The summed E-state index contributed by atoms with van der Waals surface area (Å²) in [6, 6.07) is 15.6. The number of nitrogens with zero attached hydrogens (tertiary/aromatic N) is 3. The number of pyridine rings is 1. The van der Waals surface area contributed by atoms with Crippen molar-refractivity contribution < 1.29 is 19.2 Å². The SMILES string of the molecule is O=C(CN1C(=O)COc2ccc([N+](=O)[O-])nc21)Nc1cccc2ccccc12. The highest BCUT2D eigenvalue weighted by Gasteiger charge is 2.33. The maximum Gasteiger partial charge on any atom is 0.366 e. The van der Waals surface area contributed by atoms with Gasteiger partial charge in [-0.1, -0.05) is 36.4 Å². The topological polar surface area (TPSA) is 115 Å². The van der Waals surface area contributed by atoms with Crippen LogP contribution in [0, 0.1) is 10.1 Å². The number of hydrogen-bond donors (Lipinski definition) is 1. The Bertz CT molecular complexity index is 1110. The fraction of sp³-hybridized carbons (Fsp3) is 0.105. The number of carbonyl (C=O) groups is 2. The van der Waals surface area contributed by atoms with Crippen molar-refractivity contribution in [1.29, 1.82) is 0 Å². The summed E-state index contributed by atoms with van der Waals surface area (Å²) >= 11 is 0. The van der Waals surface area contributed by atoms with Crippen molar-refractivity contribution in [1.82, 2.24) is 4.98 Å². The molecule has 0 saturated carbocycles. The molecular weight excluding hydrogens is 364 g/mol. The Kier molecular flexibility index (Phi) is 4.32. The molecule has 0 spiro atoms. The molecule has 2 amide bonds. The number of carbonyl (C=O) groups excluding carboxylic acids is 2. The Balaban J connectivity index is 1.60. The Morgan fingerprint density at radius 1 is 1.18 bits per heavy atom. The van der Waals surface area contributed by atoms with Crippen molar-refractivity contribution >= 4 is 39.9 Å². The van der Waals surface area contributed by atoms with Crippen LogP contribution in [0.2, 0.25) is 0 Å². The molecule has 4 rings (SSSR count). The van der Waals surface area contributed by atoms with Crippen LogP contribution >= 0.6 is 0 Å². The van der Waals surface area contributed by atoms with Gasteiger partial charge in [0.25, 0.3) is 11.7 Å². The minimum absolute atomic E-state index is 0.0430.